The Balaban J connectivity index is 1.59. The summed E-state index contributed by atoms with van der Waals surface area (Å²) in [6.07, 6.45) is 1.50. The van der Waals surface area contributed by atoms with Gasteiger partial charge in [-0.05, 0) is 42.8 Å². The van der Waals surface area contributed by atoms with Gasteiger partial charge < -0.3 is 15.1 Å². The van der Waals surface area contributed by atoms with E-state index in [2.05, 4.69) is 10.2 Å². The van der Waals surface area contributed by atoms with Crippen molar-refractivity contribution >= 4 is 46.4 Å². The van der Waals surface area contributed by atoms with Crippen molar-refractivity contribution in [1.29, 1.82) is 0 Å². The first kappa shape index (κ1) is 20.5. The van der Waals surface area contributed by atoms with Gasteiger partial charge in [-0.3, -0.25) is 9.59 Å². The van der Waals surface area contributed by atoms with Gasteiger partial charge in [0.2, 0.25) is 5.91 Å². The minimum Gasteiger partial charge on any atom is -0.368 e. The Morgan fingerprint density at radius 3 is 2.32 bits per heavy atom. The highest BCUT2D eigenvalue weighted by molar-refractivity contribution is 6.44. The molecular weight excluding hydrogens is 397 g/mol. The van der Waals surface area contributed by atoms with E-state index in [0.29, 0.717) is 22.7 Å². The van der Waals surface area contributed by atoms with Crippen LogP contribution in [-0.2, 0) is 4.79 Å². The molecule has 0 radical (unpaired) electrons. The summed E-state index contributed by atoms with van der Waals surface area (Å²) in [4.78, 5) is 28.6. The van der Waals surface area contributed by atoms with Gasteiger partial charge in [-0.25, -0.2) is 0 Å². The van der Waals surface area contributed by atoms with Crippen LogP contribution in [0.2, 0.25) is 10.0 Å². The van der Waals surface area contributed by atoms with E-state index in [1.165, 1.54) is 0 Å². The SMILES string of the molecule is CCCC(=O)N1CCN(c2ccc(NC(=O)c3cccc(Cl)c3Cl)cc2)CC1. The first-order valence-corrected chi connectivity index (χ1v) is 10.1. The van der Waals surface area contributed by atoms with Crippen molar-refractivity contribution in [3.63, 3.8) is 0 Å². The van der Waals surface area contributed by atoms with Crippen LogP contribution in [0.1, 0.15) is 30.1 Å². The van der Waals surface area contributed by atoms with Gasteiger partial charge in [-0.15, -0.1) is 0 Å². The summed E-state index contributed by atoms with van der Waals surface area (Å²) in [5.74, 6) is -0.0665. The smallest absolute Gasteiger partial charge is 0.257 e. The largest absolute Gasteiger partial charge is 0.368 e. The van der Waals surface area contributed by atoms with E-state index in [1.807, 2.05) is 36.1 Å². The molecule has 3 rings (SSSR count). The molecule has 0 spiro atoms. The highest BCUT2D eigenvalue weighted by Gasteiger charge is 2.20. The van der Waals surface area contributed by atoms with Gasteiger partial charge >= 0.3 is 0 Å². The molecule has 0 atom stereocenters. The van der Waals surface area contributed by atoms with Gasteiger partial charge in [0.15, 0.2) is 0 Å². The minimum atomic E-state index is -0.302. The summed E-state index contributed by atoms with van der Waals surface area (Å²) in [7, 11) is 0. The summed E-state index contributed by atoms with van der Waals surface area (Å²) in [6, 6.07) is 12.6. The molecule has 2 aromatic rings. The van der Waals surface area contributed by atoms with E-state index < -0.39 is 0 Å². The van der Waals surface area contributed by atoms with Gasteiger partial charge in [-0.1, -0.05) is 36.2 Å². The number of halogens is 2. The summed E-state index contributed by atoms with van der Waals surface area (Å²) < 4.78 is 0. The fraction of sp³-hybridized carbons (Fsp3) is 0.333. The molecule has 1 saturated heterocycles. The van der Waals surface area contributed by atoms with Gasteiger partial charge in [0.25, 0.3) is 5.91 Å². The van der Waals surface area contributed by atoms with E-state index >= 15 is 0 Å². The van der Waals surface area contributed by atoms with E-state index in [1.54, 1.807) is 18.2 Å². The number of carbonyl (C=O) groups excluding carboxylic acids is 2. The Morgan fingerprint density at radius 2 is 1.68 bits per heavy atom. The fourth-order valence-electron chi connectivity index (χ4n) is 3.22. The second-order valence-electron chi connectivity index (χ2n) is 6.72. The van der Waals surface area contributed by atoms with Crippen molar-refractivity contribution in [2.45, 2.75) is 19.8 Å². The number of rotatable bonds is 5. The molecule has 7 heteroatoms. The molecule has 1 aliphatic rings. The molecule has 5 nitrogen and oxygen atoms in total. The van der Waals surface area contributed by atoms with Crippen LogP contribution >= 0.6 is 23.2 Å². The molecule has 1 aliphatic heterocycles. The third-order valence-corrected chi connectivity index (χ3v) is 5.60. The van der Waals surface area contributed by atoms with Crippen LogP contribution in [0.25, 0.3) is 0 Å². The molecule has 0 aliphatic carbocycles. The van der Waals surface area contributed by atoms with Crippen molar-refractivity contribution in [2.24, 2.45) is 0 Å². The van der Waals surface area contributed by atoms with Crippen molar-refractivity contribution < 1.29 is 9.59 Å². The lowest BCUT2D eigenvalue weighted by atomic mass is 10.2. The molecule has 0 saturated carbocycles. The predicted octanol–water partition coefficient (Wildman–Crippen LogP) is 4.69. The van der Waals surface area contributed by atoms with Gasteiger partial charge in [0.1, 0.15) is 0 Å². The maximum atomic E-state index is 12.4. The van der Waals surface area contributed by atoms with Crippen LogP contribution in [0.15, 0.2) is 42.5 Å². The van der Waals surface area contributed by atoms with Crippen molar-refractivity contribution in [1.82, 2.24) is 4.90 Å². The van der Waals surface area contributed by atoms with Gasteiger partial charge in [0, 0.05) is 44.0 Å². The van der Waals surface area contributed by atoms with Crippen molar-refractivity contribution in [3.8, 4) is 0 Å². The van der Waals surface area contributed by atoms with Crippen LogP contribution < -0.4 is 10.2 Å². The Labute approximate surface area is 175 Å². The van der Waals surface area contributed by atoms with Crippen molar-refractivity contribution in [2.75, 3.05) is 36.4 Å². The van der Waals surface area contributed by atoms with Crippen LogP contribution in [0.3, 0.4) is 0 Å². The van der Waals surface area contributed by atoms with Crippen LogP contribution in [0.5, 0.6) is 0 Å². The minimum absolute atomic E-state index is 0.236. The molecule has 1 N–H and O–H groups in total. The third kappa shape index (κ3) is 4.78. The summed E-state index contributed by atoms with van der Waals surface area (Å²) >= 11 is 12.1. The lowest BCUT2D eigenvalue weighted by Crippen LogP contribution is -2.48. The number of nitrogens with zero attached hydrogens (tertiary/aromatic N) is 2. The molecule has 2 amide bonds. The molecule has 0 aromatic heterocycles. The van der Waals surface area contributed by atoms with Crippen LogP contribution in [-0.4, -0.2) is 42.9 Å². The zero-order chi connectivity index (χ0) is 20.1. The molecule has 28 heavy (non-hydrogen) atoms. The lowest BCUT2D eigenvalue weighted by Gasteiger charge is -2.36. The topological polar surface area (TPSA) is 52.7 Å². The first-order valence-electron chi connectivity index (χ1n) is 9.37. The average Bonchev–Trinajstić information content (AvgIpc) is 2.71. The molecule has 0 bridgehead atoms. The predicted molar refractivity (Wildman–Crippen MR) is 115 cm³/mol. The summed E-state index contributed by atoms with van der Waals surface area (Å²) in [5.41, 5.74) is 2.09. The monoisotopic (exact) mass is 419 g/mol. The summed E-state index contributed by atoms with van der Waals surface area (Å²) in [5, 5.41) is 3.43. The van der Waals surface area contributed by atoms with Gasteiger partial charge in [0.05, 0.1) is 15.6 Å². The Hall–Kier alpha value is -2.24. The highest BCUT2D eigenvalue weighted by atomic mass is 35.5. The number of anilines is 2. The molecule has 148 valence electrons. The molecule has 0 unspecified atom stereocenters. The standard InChI is InChI=1S/C21H23Cl2N3O2/c1-2-4-19(27)26-13-11-25(12-14-26)16-9-7-15(8-10-16)24-21(28)17-5-3-6-18(22)20(17)23/h3,5-10H,2,4,11-14H2,1H3,(H,24,28). The van der Waals surface area contributed by atoms with Crippen LogP contribution in [0.4, 0.5) is 11.4 Å². The molecular formula is C21H23Cl2N3O2. The molecule has 1 fully saturated rings. The van der Waals surface area contributed by atoms with E-state index in [9.17, 15) is 9.59 Å². The normalized spacial score (nSPS) is 14.1. The lowest BCUT2D eigenvalue weighted by molar-refractivity contribution is -0.131. The Morgan fingerprint density at radius 1 is 1.00 bits per heavy atom. The first-order chi connectivity index (χ1) is 13.5. The zero-order valence-corrected chi connectivity index (χ0v) is 17.3. The number of benzene rings is 2. The molecule has 1 heterocycles. The average molecular weight is 420 g/mol. The number of hydrogen-bond donors (Lipinski definition) is 1. The zero-order valence-electron chi connectivity index (χ0n) is 15.8. The Bertz CT molecular complexity index is 847. The maximum absolute atomic E-state index is 12.4. The second kappa shape index (κ2) is 9.30. The van der Waals surface area contributed by atoms with Crippen LogP contribution in [0, 0.1) is 0 Å². The highest BCUT2D eigenvalue weighted by Crippen LogP contribution is 2.26. The van der Waals surface area contributed by atoms with Gasteiger partial charge in [-0.2, -0.15) is 0 Å². The number of nitrogens with one attached hydrogen (secondary N) is 1. The molecule has 2 aromatic carbocycles. The summed E-state index contributed by atoms with van der Waals surface area (Å²) in [6.45, 7) is 5.11. The van der Waals surface area contributed by atoms with E-state index in [0.717, 1.165) is 38.3 Å². The quantitative estimate of drug-likeness (QED) is 0.764. The Kier molecular flexibility index (Phi) is 6.81. The second-order valence-corrected chi connectivity index (χ2v) is 7.51. The number of carbonyl (C=O) groups is 2. The number of hydrogen-bond acceptors (Lipinski definition) is 3. The third-order valence-electron chi connectivity index (χ3n) is 4.78. The van der Waals surface area contributed by atoms with E-state index in [-0.39, 0.29) is 16.8 Å². The van der Waals surface area contributed by atoms with Crippen molar-refractivity contribution in [3.05, 3.63) is 58.1 Å². The maximum Gasteiger partial charge on any atom is 0.257 e. The number of piperazine rings is 1. The number of amides is 2. The van der Waals surface area contributed by atoms with E-state index in [4.69, 9.17) is 23.2 Å². The fourth-order valence-corrected chi connectivity index (χ4v) is 3.61.